The molecule has 0 amide bonds. The van der Waals surface area contributed by atoms with Gasteiger partial charge in [-0.05, 0) is 66.7 Å². The smallest absolute Gasteiger partial charge is 0.744 e. The zero-order valence-electron chi connectivity index (χ0n) is 14.6. The van der Waals surface area contributed by atoms with Crippen LogP contribution in [0, 0.1) is 0 Å². The monoisotopic (exact) mass is 444 g/mol. The molecule has 138 valence electrons. The number of rotatable bonds is 5. The molecule has 0 spiro atoms. The van der Waals surface area contributed by atoms with Crippen LogP contribution in [-0.2, 0) is 10.1 Å². The number of benzene rings is 3. The van der Waals surface area contributed by atoms with Gasteiger partial charge in [0.05, 0.1) is 9.92 Å². The number of carbonyl (C=O) groups is 1. The van der Waals surface area contributed by atoms with Crippen LogP contribution in [0.1, 0.15) is 15.9 Å². The third-order valence-electron chi connectivity index (χ3n) is 3.64. The Morgan fingerprint density at radius 2 is 1.39 bits per heavy atom. The molecule has 5 nitrogen and oxygen atoms in total. The molecule has 0 aliphatic heterocycles. The van der Waals surface area contributed by atoms with Crippen LogP contribution < -0.4 is 34.3 Å². The van der Waals surface area contributed by atoms with Crippen molar-refractivity contribution in [1.82, 2.24) is 0 Å². The van der Waals surface area contributed by atoms with Gasteiger partial charge in [0.1, 0.15) is 21.6 Å². The Morgan fingerprint density at radius 1 is 0.857 bits per heavy atom. The van der Waals surface area contributed by atoms with Crippen molar-refractivity contribution in [2.24, 2.45) is 0 Å². The van der Waals surface area contributed by atoms with Gasteiger partial charge in [-0.2, -0.15) is 0 Å². The van der Waals surface area contributed by atoms with Crippen LogP contribution in [0.5, 0.6) is 11.5 Å². The van der Waals surface area contributed by atoms with E-state index in [1.54, 1.807) is 36.4 Å². The van der Waals surface area contributed by atoms with Crippen LogP contribution in [0.3, 0.4) is 0 Å². The van der Waals surface area contributed by atoms with E-state index in [4.69, 9.17) is 27.9 Å². The molecule has 0 unspecified atom stereocenters. The summed E-state index contributed by atoms with van der Waals surface area (Å²) in [7, 11) is -4.50. The maximum absolute atomic E-state index is 12.6. The molecule has 0 aliphatic carbocycles. The minimum atomic E-state index is -4.50. The zero-order chi connectivity index (χ0) is 19.6. The van der Waals surface area contributed by atoms with E-state index in [-0.39, 0.29) is 40.2 Å². The minimum absolute atomic E-state index is 0. The molecule has 0 bridgehead atoms. The molecule has 9 heteroatoms. The predicted octanol–water partition coefficient (Wildman–Crippen LogP) is 1.92. The van der Waals surface area contributed by atoms with E-state index in [9.17, 15) is 17.8 Å². The molecular formula is C19H11Cl2NaO5S. The summed E-state index contributed by atoms with van der Waals surface area (Å²) in [5, 5.41) is 0.712. The van der Waals surface area contributed by atoms with E-state index < -0.39 is 10.1 Å². The molecule has 3 aromatic carbocycles. The van der Waals surface area contributed by atoms with Crippen molar-refractivity contribution in [3.63, 3.8) is 0 Å². The first-order chi connectivity index (χ1) is 12.7. The summed E-state index contributed by atoms with van der Waals surface area (Å²) in [6.07, 6.45) is 0. The SMILES string of the molecule is O=C(c1ccc(Oc2ccc(S(=O)(=O)[O-])cc2)cc1)c1cc(Cl)ccc1Cl.[Na+]. The fourth-order valence-corrected chi connectivity index (χ4v) is 3.16. The maximum atomic E-state index is 12.6. The van der Waals surface area contributed by atoms with Crippen molar-refractivity contribution >= 4 is 39.1 Å². The van der Waals surface area contributed by atoms with E-state index in [1.165, 1.54) is 18.2 Å². The zero-order valence-corrected chi connectivity index (χ0v) is 18.9. The van der Waals surface area contributed by atoms with E-state index in [1.807, 2.05) is 0 Å². The van der Waals surface area contributed by atoms with Crippen molar-refractivity contribution in [2.45, 2.75) is 4.90 Å². The van der Waals surface area contributed by atoms with E-state index >= 15 is 0 Å². The second-order valence-corrected chi connectivity index (χ2v) is 7.73. The normalized spacial score (nSPS) is 10.8. The topological polar surface area (TPSA) is 83.5 Å². The fraction of sp³-hybridized carbons (Fsp3) is 0. The van der Waals surface area contributed by atoms with Crippen LogP contribution in [0.15, 0.2) is 71.6 Å². The molecule has 0 saturated heterocycles. The average Bonchev–Trinajstić information content (AvgIpc) is 2.63. The van der Waals surface area contributed by atoms with Crippen molar-refractivity contribution in [1.29, 1.82) is 0 Å². The van der Waals surface area contributed by atoms with Gasteiger partial charge in [-0.3, -0.25) is 4.79 Å². The van der Waals surface area contributed by atoms with E-state index in [0.717, 1.165) is 12.1 Å². The Balaban J connectivity index is 0.00000280. The minimum Gasteiger partial charge on any atom is -0.744 e. The number of hydrogen-bond donors (Lipinski definition) is 0. The summed E-state index contributed by atoms with van der Waals surface area (Å²) >= 11 is 12.0. The van der Waals surface area contributed by atoms with Gasteiger partial charge in [-0.15, -0.1) is 0 Å². The summed E-state index contributed by atoms with van der Waals surface area (Å²) < 4.78 is 38.3. The molecule has 0 aromatic heterocycles. The van der Waals surface area contributed by atoms with Gasteiger partial charge in [-0.25, -0.2) is 8.42 Å². The molecule has 0 radical (unpaired) electrons. The van der Waals surface area contributed by atoms with Gasteiger partial charge in [0.2, 0.25) is 0 Å². The van der Waals surface area contributed by atoms with Crippen molar-refractivity contribution in [2.75, 3.05) is 0 Å². The predicted molar refractivity (Wildman–Crippen MR) is 101 cm³/mol. The molecule has 0 N–H and O–H groups in total. The molecule has 3 aromatic rings. The van der Waals surface area contributed by atoms with Gasteiger partial charge in [0.25, 0.3) is 0 Å². The summed E-state index contributed by atoms with van der Waals surface area (Å²) in [5.41, 5.74) is 0.701. The molecule has 0 fully saturated rings. The molecular weight excluding hydrogens is 434 g/mol. The summed E-state index contributed by atoms with van der Waals surface area (Å²) in [5.74, 6) is 0.500. The second kappa shape index (κ2) is 9.41. The largest absolute Gasteiger partial charge is 1.00 e. The van der Waals surface area contributed by atoms with Crippen molar-refractivity contribution in [3.05, 3.63) is 87.9 Å². The Labute approximate surface area is 194 Å². The number of hydrogen-bond acceptors (Lipinski definition) is 5. The van der Waals surface area contributed by atoms with Crippen LogP contribution in [0.25, 0.3) is 0 Å². The summed E-state index contributed by atoms with van der Waals surface area (Å²) in [6, 6.07) is 16.0. The molecule has 28 heavy (non-hydrogen) atoms. The van der Waals surface area contributed by atoms with Crippen LogP contribution in [0.2, 0.25) is 10.0 Å². The number of carbonyl (C=O) groups excluding carboxylic acids is 1. The first kappa shape index (κ1) is 22.9. The van der Waals surface area contributed by atoms with Crippen molar-refractivity contribution in [3.8, 4) is 11.5 Å². The second-order valence-electron chi connectivity index (χ2n) is 5.51. The van der Waals surface area contributed by atoms with Crippen LogP contribution in [-0.4, -0.2) is 18.8 Å². The van der Waals surface area contributed by atoms with Gasteiger partial charge in [0.15, 0.2) is 5.78 Å². The Kier molecular flexibility index (Phi) is 7.70. The Hall–Kier alpha value is -1.38. The third-order valence-corrected chi connectivity index (χ3v) is 5.05. The Bertz CT molecular complexity index is 1100. The number of ether oxygens (including phenoxy) is 1. The first-order valence-electron chi connectivity index (χ1n) is 7.58. The molecule has 0 heterocycles. The van der Waals surface area contributed by atoms with Crippen LogP contribution >= 0.6 is 23.2 Å². The molecule has 0 saturated carbocycles. The van der Waals surface area contributed by atoms with E-state index in [0.29, 0.717) is 32.7 Å². The Morgan fingerprint density at radius 3 is 1.93 bits per heavy atom. The maximum Gasteiger partial charge on any atom is 1.00 e. The van der Waals surface area contributed by atoms with Crippen molar-refractivity contribution < 1.29 is 52.1 Å². The first-order valence-corrected chi connectivity index (χ1v) is 9.74. The molecule has 0 aliphatic rings. The van der Waals surface area contributed by atoms with E-state index in [2.05, 4.69) is 0 Å². The molecule has 0 atom stereocenters. The summed E-state index contributed by atoms with van der Waals surface area (Å²) in [6.45, 7) is 0. The number of halogens is 2. The molecule has 3 rings (SSSR count). The van der Waals surface area contributed by atoms with Gasteiger partial charge >= 0.3 is 29.6 Å². The van der Waals surface area contributed by atoms with Gasteiger partial charge in [0, 0.05) is 16.1 Å². The fourth-order valence-electron chi connectivity index (χ4n) is 2.31. The van der Waals surface area contributed by atoms with Crippen LogP contribution in [0.4, 0.5) is 0 Å². The standard InChI is InChI=1S/C19H12Cl2O5S.Na/c20-13-3-10-18(21)17(11-13)19(22)12-1-4-14(5-2-12)26-15-6-8-16(9-7-15)27(23,24)25;/h1-11H,(H,23,24,25);/q;+1/p-1. The average molecular weight is 445 g/mol. The van der Waals surface area contributed by atoms with Gasteiger partial charge < -0.3 is 9.29 Å². The van der Waals surface area contributed by atoms with Gasteiger partial charge in [-0.1, -0.05) is 23.2 Å². The third kappa shape index (κ3) is 5.58. The quantitative estimate of drug-likeness (QED) is 0.341. The number of ketones is 1. The summed E-state index contributed by atoms with van der Waals surface area (Å²) in [4.78, 5) is 12.2.